The maximum absolute atomic E-state index is 14.2. The number of aryl methyl sites for hydroxylation is 2. The van der Waals surface area contributed by atoms with E-state index in [-0.39, 0.29) is 24.3 Å². The molecule has 37 heavy (non-hydrogen) atoms. The number of aliphatic hydroxyl groups excluding tert-OH is 1. The van der Waals surface area contributed by atoms with Gasteiger partial charge in [-0.15, -0.1) is 0 Å². The molecule has 8 heteroatoms. The minimum Gasteiger partial charge on any atom is -0.394 e. The van der Waals surface area contributed by atoms with Crippen LogP contribution in [0.4, 0.5) is 5.69 Å². The van der Waals surface area contributed by atoms with Gasteiger partial charge in [0.2, 0.25) is 17.7 Å². The van der Waals surface area contributed by atoms with E-state index in [1.54, 1.807) is 0 Å². The van der Waals surface area contributed by atoms with Gasteiger partial charge in [0.05, 0.1) is 30.6 Å². The van der Waals surface area contributed by atoms with E-state index in [0.717, 1.165) is 23.1 Å². The fourth-order valence-electron chi connectivity index (χ4n) is 6.63. The highest BCUT2D eigenvalue weighted by Crippen LogP contribution is 2.59. The first-order chi connectivity index (χ1) is 17.8. The van der Waals surface area contributed by atoms with E-state index in [9.17, 15) is 19.5 Å². The SMILES string of the molecule is CCCNC(=O)[C@@H]1[C@H]2C(=O)N([C@H](CO)c3ccccc3)C(C(=O)Nc3c(C)cccc3C)C23CC[C@H]1O3. The molecule has 3 heterocycles. The summed E-state index contributed by atoms with van der Waals surface area (Å²) in [5.74, 6) is -2.33. The maximum Gasteiger partial charge on any atom is 0.250 e. The molecule has 8 nitrogen and oxygen atoms in total. The zero-order valence-corrected chi connectivity index (χ0v) is 21.6. The first-order valence-electron chi connectivity index (χ1n) is 13.1. The van der Waals surface area contributed by atoms with E-state index >= 15 is 0 Å². The van der Waals surface area contributed by atoms with Gasteiger partial charge in [-0.05, 0) is 49.8 Å². The highest BCUT2D eigenvalue weighted by molar-refractivity contribution is 6.04. The lowest BCUT2D eigenvalue weighted by molar-refractivity contribution is -0.144. The lowest BCUT2D eigenvalue weighted by atomic mass is 9.70. The fraction of sp³-hybridized carbons (Fsp3) is 0.483. The van der Waals surface area contributed by atoms with Gasteiger partial charge in [0.1, 0.15) is 11.6 Å². The summed E-state index contributed by atoms with van der Waals surface area (Å²) >= 11 is 0. The second-order valence-electron chi connectivity index (χ2n) is 10.5. The highest BCUT2D eigenvalue weighted by Gasteiger charge is 2.75. The smallest absolute Gasteiger partial charge is 0.250 e. The molecule has 3 fully saturated rings. The van der Waals surface area contributed by atoms with E-state index in [0.29, 0.717) is 25.1 Å². The largest absolute Gasteiger partial charge is 0.394 e. The molecule has 0 radical (unpaired) electrons. The van der Waals surface area contributed by atoms with Gasteiger partial charge in [-0.3, -0.25) is 14.4 Å². The van der Waals surface area contributed by atoms with E-state index in [1.807, 2.05) is 69.3 Å². The van der Waals surface area contributed by atoms with Crippen molar-refractivity contribution in [3.63, 3.8) is 0 Å². The number of nitrogens with zero attached hydrogens (tertiary/aromatic N) is 1. The van der Waals surface area contributed by atoms with Crippen molar-refractivity contribution >= 4 is 23.4 Å². The summed E-state index contributed by atoms with van der Waals surface area (Å²) in [5.41, 5.74) is 2.12. The van der Waals surface area contributed by atoms with Crippen LogP contribution in [0.3, 0.4) is 0 Å². The molecule has 6 atom stereocenters. The quantitative estimate of drug-likeness (QED) is 0.511. The van der Waals surface area contributed by atoms with Gasteiger partial charge in [-0.1, -0.05) is 55.5 Å². The Morgan fingerprint density at radius 2 is 1.81 bits per heavy atom. The number of para-hydroxylation sites is 1. The third kappa shape index (κ3) is 4.03. The molecule has 0 aliphatic carbocycles. The number of anilines is 1. The van der Waals surface area contributed by atoms with Gasteiger partial charge < -0.3 is 25.4 Å². The Hall–Kier alpha value is -3.23. The Balaban J connectivity index is 1.59. The van der Waals surface area contributed by atoms with Crippen molar-refractivity contribution in [3.05, 3.63) is 65.2 Å². The number of rotatable bonds is 8. The summed E-state index contributed by atoms with van der Waals surface area (Å²) in [6, 6.07) is 13.3. The van der Waals surface area contributed by atoms with Gasteiger partial charge in [0.25, 0.3) is 0 Å². The number of nitrogens with one attached hydrogen (secondary N) is 2. The summed E-state index contributed by atoms with van der Waals surface area (Å²) in [6.45, 7) is 5.98. The van der Waals surface area contributed by atoms with E-state index in [2.05, 4.69) is 10.6 Å². The Morgan fingerprint density at radius 1 is 1.11 bits per heavy atom. The highest BCUT2D eigenvalue weighted by atomic mass is 16.5. The number of hydrogen-bond acceptors (Lipinski definition) is 5. The molecule has 2 bridgehead atoms. The molecule has 0 aromatic heterocycles. The average Bonchev–Trinajstić information content (AvgIpc) is 3.54. The van der Waals surface area contributed by atoms with Gasteiger partial charge in [-0.25, -0.2) is 0 Å². The minimum absolute atomic E-state index is 0.206. The molecule has 3 aliphatic heterocycles. The van der Waals surface area contributed by atoms with E-state index in [4.69, 9.17) is 4.74 Å². The molecule has 2 aromatic carbocycles. The Kier molecular flexibility index (Phi) is 6.81. The Morgan fingerprint density at radius 3 is 2.46 bits per heavy atom. The second-order valence-corrected chi connectivity index (χ2v) is 10.5. The number of hydrogen-bond donors (Lipinski definition) is 3. The topological polar surface area (TPSA) is 108 Å². The predicted octanol–water partition coefficient (Wildman–Crippen LogP) is 2.88. The zero-order chi connectivity index (χ0) is 26.3. The zero-order valence-electron chi connectivity index (χ0n) is 21.6. The van der Waals surface area contributed by atoms with Crippen LogP contribution in [0.2, 0.25) is 0 Å². The minimum atomic E-state index is -1.13. The summed E-state index contributed by atoms with van der Waals surface area (Å²) in [7, 11) is 0. The molecule has 3 amide bonds. The normalized spacial score (nSPS) is 28.8. The lowest BCUT2D eigenvalue weighted by Crippen LogP contribution is -2.54. The third-order valence-corrected chi connectivity index (χ3v) is 8.26. The van der Waals surface area contributed by atoms with Crippen molar-refractivity contribution in [1.82, 2.24) is 10.2 Å². The van der Waals surface area contributed by atoms with Crippen LogP contribution in [0.1, 0.15) is 48.9 Å². The van der Waals surface area contributed by atoms with Crippen molar-refractivity contribution < 1.29 is 24.2 Å². The van der Waals surface area contributed by atoms with Crippen molar-refractivity contribution in [1.29, 1.82) is 0 Å². The molecule has 0 saturated carbocycles. The van der Waals surface area contributed by atoms with Crippen molar-refractivity contribution in [3.8, 4) is 0 Å². The number of ether oxygens (including phenoxy) is 1. The standard InChI is InChI=1S/C29H35N3O5/c1-4-15-30-26(34)22-21-13-14-29(37-21)23(22)28(36)32(20(16-33)19-11-6-5-7-12-19)25(29)27(35)31-24-17(2)9-8-10-18(24)3/h5-12,20-23,25,33H,4,13-16H2,1-3H3,(H,30,34)(H,31,35)/t20-,21-,22+,23+,25?,29?/m1/s1. The molecule has 196 valence electrons. The third-order valence-electron chi connectivity index (χ3n) is 8.26. The predicted molar refractivity (Wildman–Crippen MR) is 139 cm³/mol. The molecule has 3 N–H and O–H groups in total. The van der Waals surface area contributed by atoms with Gasteiger partial charge >= 0.3 is 0 Å². The Bertz CT molecular complexity index is 1180. The van der Waals surface area contributed by atoms with Crippen LogP contribution < -0.4 is 10.6 Å². The maximum atomic E-state index is 14.2. The molecular weight excluding hydrogens is 470 g/mol. The monoisotopic (exact) mass is 505 g/mol. The first-order valence-corrected chi connectivity index (χ1v) is 13.1. The van der Waals surface area contributed by atoms with Crippen LogP contribution in [-0.4, -0.2) is 58.6 Å². The molecule has 2 unspecified atom stereocenters. The first kappa shape index (κ1) is 25.4. The summed E-state index contributed by atoms with van der Waals surface area (Å²) in [5, 5.41) is 16.5. The Labute approximate surface area is 217 Å². The number of carbonyl (C=O) groups excluding carboxylic acids is 3. The molecule has 1 spiro atoms. The summed E-state index contributed by atoms with van der Waals surface area (Å²) in [4.78, 5) is 43.1. The van der Waals surface area contributed by atoms with Crippen LogP contribution in [0.15, 0.2) is 48.5 Å². The van der Waals surface area contributed by atoms with E-state index in [1.165, 1.54) is 4.90 Å². The van der Waals surface area contributed by atoms with Gasteiger partial charge in [0.15, 0.2) is 0 Å². The van der Waals surface area contributed by atoms with Crippen LogP contribution in [0.25, 0.3) is 0 Å². The molecule has 3 aliphatic rings. The van der Waals surface area contributed by atoms with Crippen molar-refractivity contribution in [2.75, 3.05) is 18.5 Å². The molecular formula is C29H35N3O5. The van der Waals surface area contributed by atoms with Gasteiger partial charge in [-0.2, -0.15) is 0 Å². The number of aliphatic hydroxyl groups is 1. The van der Waals surface area contributed by atoms with Crippen molar-refractivity contribution in [2.45, 2.75) is 63.8 Å². The van der Waals surface area contributed by atoms with Crippen LogP contribution in [0, 0.1) is 25.7 Å². The molecule has 2 aromatic rings. The average molecular weight is 506 g/mol. The van der Waals surface area contributed by atoms with Crippen molar-refractivity contribution in [2.24, 2.45) is 11.8 Å². The summed E-state index contributed by atoms with van der Waals surface area (Å²) in [6.07, 6.45) is 1.47. The number of fused-ring (bicyclic) bond motifs is 1. The summed E-state index contributed by atoms with van der Waals surface area (Å²) < 4.78 is 6.49. The molecule has 5 rings (SSSR count). The van der Waals surface area contributed by atoms with Crippen LogP contribution in [-0.2, 0) is 19.1 Å². The number of likely N-dealkylation sites (tertiary alicyclic amines) is 1. The number of amides is 3. The van der Waals surface area contributed by atoms with E-state index < -0.39 is 35.6 Å². The van der Waals surface area contributed by atoms with Crippen LogP contribution in [0.5, 0.6) is 0 Å². The fourth-order valence-corrected chi connectivity index (χ4v) is 6.63. The molecule has 3 saturated heterocycles. The second kappa shape index (κ2) is 9.91. The van der Waals surface area contributed by atoms with Crippen LogP contribution >= 0.6 is 0 Å². The lowest BCUT2D eigenvalue weighted by Gasteiger charge is -2.37. The number of benzene rings is 2. The number of carbonyl (C=O) groups is 3. The van der Waals surface area contributed by atoms with Gasteiger partial charge in [0, 0.05) is 12.2 Å².